The van der Waals surface area contributed by atoms with Crippen molar-refractivity contribution in [2.45, 2.75) is 19.5 Å². The van der Waals surface area contributed by atoms with E-state index in [1.165, 1.54) is 17.9 Å². The van der Waals surface area contributed by atoms with Crippen LogP contribution in [0, 0.1) is 0 Å². The van der Waals surface area contributed by atoms with Crippen molar-refractivity contribution in [3.63, 3.8) is 0 Å². The first-order chi connectivity index (χ1) is 12.2. The normalized spacial score (nSPS) is 11.1. The summed E-state index contributed by atoms with van der Waals surface area (Å²) >= 11 is 5.55. The Balaban J connectivity index is 2.03. The van der Waals surface area contributed by atoms with Crippen LogP contribution in [0.15, 0.2) is 48.5 Å². The molecule has 0 saturated heterocycles. The summed E-state index contributed by atoms with van der Waals surface area (Å²) in [5.74, 6) is -0.752. The molecule has 0 heterocycles. The number of rotatable bonds is 5. The number of halogens is 4. The number of nitrogens with zero attached hydrogens (tertiary/aromatic N) is 1. The predicted octanol–water partition coefficient (Wildman–Crippen LogP) is 4.74. The van der Waals surface area contributed by atoms with Crippen LogP contribution in [-0.2, 0) is 15.8 Å². The minimum atomic E-state index is -4.61. The summed E-state index contributed by atoms with van der Waals surface area (Å²) in [6.07, 6.45) is -4.69. The number of hydrogen-bond donors (Lipinski definition) is 1. The van der Waals surface area contributed by atoms with Gasteiger partial charge in [-0.1, -0.05) is 29.8 Å². The fraction of sp³-hybridized carbons (Fsp3) is 0.222. The third-order valence-corrected chi connectivity index (χ3v) is 3.90. The Labute approximate surface area is 153 Å². The van der Waals surface area contributed by atoms with Gasteiger partial charge in [0.15, 0.2) is 0 Å². The van der Waals surface area contributed by atoms with Crippen molar-refractivity contribution < 1.29 is 22.8 Å². The number of amides is 2. The fourth-order valence-electron chi connectivity index (χ4n) is 2.33. The first-order valence-corrected chi connectivity index (χ1v) is 8.06. The fourth-order valence-corrected chi connectivity index (χ4v) is 2.56. The average Bonchev–Trinajstić information content (AvgIpc) is 2.56. The number of alkyl halides is 3. The zero-order chi connectivity index (χ0) is 19.3. The van der Waals surface area contributed by atoms with E-state index in [-0.39, 0.29) is 24.6 Å². The van der Waals surface area contributed by atoms with E-state index < -0.39 is 22.7 Å². The number of benzene rings is 2. The molecule has 0 aromatic heterocycles. The van der Waals surface area contributed by atoms with Gasteiger partial charge in [-0.25, -0.2) is 0 Å². The van der Waals surface area contributed by atoms with Gasteiger partial charge < -0.3 is 10.2 Å². The highest BCUT2D eigenvalue weighted by Crippen LogP contribution is 2.36. The minimum Gasteiger partial charge on any atom is -0.326 e. The second kappa shape index (κ2) is 8.23. The SMILES string of the molecule is CC(=O)N(CCC(=O)Nc1ccc(Cl)c(C(F)(F)F)c1)c1ccccc1. The minimum absolute atomic E-state index is 0.0131. The highest BCUT2D eigenvalue weighted by atomic mass is 35.5. The zero-order valence-electron chi connectivity index (χ0n) is 13.8. The van der Waals surface area contributed by atoms with Gasteiger partial charge in [0.2, 0.25) is 11.8 Å². The van der Waals surface area contributed by atoms with Gasteiger partial charge >= 0.3 is 6.18 Å². The first-order valence-electron chi connectivity index (χ1n) is 7.68. The average molecular weight is 385 g/mol. The molecule has 4 nitrogen and oxygen atoms in total. The Morgan fingerprint density at radius 2 is 1.77 bits per heavy atom. The molecule has 0 spiro atoms. The summed E-state index contributed by atoms with van der Waals surface area (Å²) < 4.78 is 38.6. The molecule has 0 fully saturated rings. The van der Waals surface area contributed by atoms with E-state index in [1.54, 1.807) is 30.3 Å². The van der Waals surface area contributed by atoms with Gasteiger partial charge in [0, 0.05) is 31.3 Å². The van der Waals surface area contributed by atoms with Crippen LogP contribution in [0.1, 0.15) is 18.9 Å². The molecule has 2 aromatic carbocycles. The van der Waals surface area contributed by atoms with E-state index in [0.29, 0.717) is 5.69 Å². The Hall–Kier alpha value is -2.54. The van der Waals surface area contributed by atoms with Gasteiger partial charge in [0.25, 0.3) is 0 Å². The highest BCUT2D eigenvalue weighted by Gasteiger charge is 2.33. The van der Waals surface area contributed by atoms with Crippen LogP contribution in [-0.4, -0.2) is 18.4 Å². The maximum absolute atomic E-state index is 12.9. The highest BCUT2D eigenvalue weighted by molar-refractivity contribution is 6.31. The molecule has 0 aliphatic heterocycles. The maximum Gasteiger partial charge on any atom is 0.417 e. The first kappa shape index (κ1) is 19.8. The van der Waals surface area contributed by atoms with Crippen LogP contribution < -0.4 is 10.2 Å². The molecule has 0 bridgehead atoms. The lowest BCUT2D eigenvalue weighted by atomic mass is 10.2. The largest absolute Gasteiger partial charge is 0.417 e. The van der Waals surface area contributed by atoms with Crippen molar-refractivity contribution in [3.05, 3.63) is 59.1 Å². The lowest BCUT2D eigenvalue weighted by Gasteiger charge is -2.21. The van der Waals surface area contributed by atoms with Crippen molar-refractivity contribution in [3.8, 4) is 0 Å². The smallest absolute Gasteiger partial charge is 0.326 e. The molecule has 2 rings (SSSR count). The van der Waals surface area contributed by atoms with E-state index >= 15 is 0 Å². The number of carbonyl (C=O) groups is 2. The van der Waals surface area contributed by atoms with Crippen molar-refractivity contribution in [2.75, 3.05) is 16.8 Å². The number of carbonyl (C=O) groups excluding carboxylic acids is 2. The third-order valence-electron chi connectivity index (χ3n) is 3.57. The van der Waals surface area contributed by atoms with Crippen LogP contribution in [0.2, 0.25) is 5.02 Å². The molecule has 138 valence electrons. The second-order valence-corrected chi connectivity index (χ2v) is 5.90. The van der Waals surface area contributed by atoms with Crippen LogP contribution in [0.5, 0.6) is 0 Å². The summed E-state index contributed by atoms with van der Waals surface area (Å²) in [6.45, 7) is 1.48. The molecule has 0 aliphatic rings. The molecule has 1 N–H and O–H groups in total. The van der Waals surface area contributed by atoms with Crippen molar-refractivity contribution in [1.82, 2.24) is 0 Å². The van der Waals surface area contributed by atoms with E-state index in [9.17, 15) is 22.8 Å². The molecule has 2 amide bonds. The Morgan fingerprint density at radius 1 is 1.12 bits per heavy atom. The van der Waals surface area contributed by atoms with Gasteiger partial charge in [-0.05, 0) is 30.3 Å². The van der Waals surface area contributed by atoms with E-state index in [1.807, 2.05) is 0 Å². The summed E-state index contributed by atoms with van der Waals surface area (Å²) in [5, 5.41) is 1.95. The number of para-hydroxylation sites is 1. The molecule has 0 aliphatic carbocycles. The van der Waals surface area contributed by atoms with Crippen LogP contribution in [0.25, 0.3) is 0 Å². The summed E-state index contributed by atoms with van der Waals surface area (Å²) in [4.78, 5) is 25.2. The molecule has 2 aromatic rings. The number of nitrogens with one attached hydrogen (secondary N) is 1. The van der Waals surface area contributed by atoms with Crippen molar-refractivity contribution in [2.24, 2.45) is 0 Å². The predicted molar refractivity (Wildman–Crippen MR) is 94.2 cm³/mol. The molecular formula is C18H16ClF3N2O2. The van der Waals surface area contributed by atoms with Crippen LogP contribution in [0.3, 0.4) is 0 Å². The molecular weight excluding hydrogens is 369 g/mol. The van der Waals surface area contributed by atoms with Crippen molar-refractivity contribution >= 4 is 34.8 Å². The molecule has 8 heteroatoms. The number of hydrogen-bond acceptors (Lipinski definition) is 2. The Kier molecular flexibility index (Phi) is 6.26. The van der Waals surface area contributed by atoms with Gasteiger partial charge in [-0.3, -0.25) is 9.59 Å². The van der Waals surface area contributed by atoms with Gasteiger partial charge in [0.1, 0.15) is 0 Å². The van der Waals surface area contributed by atoms with E-state index in [2.05, 4.69) is 5.32 Å². The molecule has 0 unspecified atom stereocenters. The van der Waals surface area contributed by atoms with Gasteiger partial charge in [-0.2, -0.15) is 13.2 Å². The summed E-state index contributed by atoms with van der Waals surface area (Å²) in [5.41, 5.74) is -0.397. The Bertz CT molecular complexity index is 795. The lowest BCUT2D eigenvalue weighted by Crippen LogP contribution is -2.31. The monoisotopic (exact) mass is 384 g/mol. The number of anilines is 2. The molecule has 0 radical (unpaired) electrons. The van der Waals surface area contributed by atoms with Crippen molar-refractivity contribution in [1.29, 1.82) is 0 Å². The Morgan fingerprint density at radius 3 is 2.35 bits per heavy atom. The zero-order valence-corrected chi connectivity index (χ0v) is 14.6. The standard InChI is InChI=1S/C18H16ClF3N2O2/c1-12(25)24(14-5-3-2-4-6-14)10-9-17(26)23-13-7-8-16(19)15(11-13)18(20,21)22/h2-8,11H,9-10H2,1H3,(H,23,26). The molecule has 0 atom stereocenters. The lowest BCUT2D eigenvalue weighted by molar-refractivity contribution is -0.137. The van der Waals surface area contributed by atoms with E-state index in [0.717, 1.165) is 12.1 Å². The van der Waals surface area contributed by atoms with Gasteiger partial charge in [0.05, 0.1) is 10.6 Å². The van der Waals surface area contributed by atoms with E-state index in [4.69, 9.17) is 11.6 Å². The van der Waals surface area contributed by atoms with Crippen LogP contribution >= 0.6 is 11.6 Å². The maximum atomic E-state index is 12.9. The topological polar surface area (TPSA) is 49.4 Å². The molecule has 0 saturated carbocycles. The third kappa shape index (κ3) is 5.23. The second-order valence-electron chi connectivity index (χ2n) is 5.50. The quantitative estimate of drug-likeness (QED) is 0.809. The summed E-state index contributed by atoms with van der Waals surface area (Å²) in [7, 11) is 0. The van der Waals surface area contributed by atoms with Gasteiger partial charge in [-0.15, -0.1) is 0 Å². The van der Waals surface area contributed by atoms with Crippen LogP contribution in [0.4, 0.5) is 24.5 Å². The molecule has 26 heavy (non-hydrogen) atoms. The summed E-state index contributed by atoms with van der Waals surface area (Å²) in [6, 6.07) is 11.9.